The third kappa shape index (κ3) is 1.88. The molecule has 2 aliphatic heterocycles. The van der Waals surface area contributed by atoms with Gasteiger partial charge in [0.15, 0.2) is 0 Å². The van der Waals surface area contributed by atoms with Crippen molar-refractivity contribution in [1.82, 2.24) is 9.88 Å². The minimum absolute atomic E-state index is 0.0569. The molecule has 0 unspecified atom stereocenters. The molecule has 1 saturated carbocycles. The van der Waals surface area contributed by atoms with Crippen LogP contribution >= 0.6 is 0 Å². The standard InChI is InChI=1S/C19H24N2O/c22-14-6-5-12-11-21-8-7-16-15-3-1-2-4-17(15)20-19(16)18(21)10-13(12)9-14/h1-4,12-14,18,20,22H,5-11H2/t12-,13-,14-,18+/m1/s1. The molecule has 2 aromatic rings. The van der Waals surface area contributed by atoms with Gasteiger partial charge in [0.2, 0.25) is 0 Å². The lowest BCUT2D eigenvalue weighted by Gasteiger charge is -2.48. The van der Waals surface area contributed by atoms with Crippen molar-refractivity contribution in [3.05, 3.63) is 35.5 Å². The Morgan fingerprint density at radius 3 is 2.95 bits per heavy atom. The summed E-state index contributed by atoms with van der Waals surface area (Å²) in [6.45, 7) is 2.43. The molecule has 0 bridgehead atoms. The van der Waals surface area contributed by atoms with Crippen molar-refractivity contribution in [2.24, 2.45) is 11.8 Å². The molecule has 2 N–H and O–H groups in total. The molecule has 2 fully saturated rings. The monoisotopic (exact) mass is 296 g/mol. The Balaban J connectivity index is 1.53. The van der Waals surface area contributed by atoms with Gasteiger partial charge < -0.3 is 10.1 Å². The largest absolute Gasteiger partial charge is 0.393 e. The SMILES string of the molecule is O[C@@H]1CC[C@@H]2CN3CCc4c([nH]c5ccccc45)[C@@H]3C[C@H]2C1. The number of nitrogens with one attached hydrogen (secondary N) is 1. The topological polar surface area (TPSA) is 39.3 Å². The molecular weight excluding hydrogens is 272 g/mol. The highest BCUT2D eigenvalue weighted by Gasteiger charge is 2.42. The summed E-state index contributed by atoms with van der Waals surface area (Å²) in [6.07, 6.45) is 5.59. The van der Waals surface area contributed by atoms with Crippen LogP contribution < -0.4 is 0 Å². The molecule has 116 valence electrons. The highest BCUT2D eigenvalue weighted by molar-refractivity contribution is 5.85. The van der Waals surface area contributed by atoms with E-state index in [1.807, 2.05) is 0 Å². The summed E-state index contributed by atoms with van der Waals surface area (Å²) in [5.74, 6) is 1.52. The summed E-state index contributed by atoms with van der Waals surface area (Å²) < 4.78 is 0. The first-order chi connectivity index (χ1) is 10.8. The smallest absolute Gasteiger partial charge is 0.0543 e. The molecule has 3 aliphatic rings. The van der Waals surface area contributed by atoms with Crippen molar-refractivity contribution in [1.29, 1.82) is 0 Å². The van der Waals surface area contributed by atoms with Crippen LogP contribution in [0.15, 0.2) is 24.3 Å². The summed E-state index contributed by atoms with van der Waals surface area (Å²) in [6, 6.07) is 9.28. The molecule has 0 radical (unpaired) electrons. The van der Waals surface area contributed by atoms with Gasteiger partial charge in [-0.05, 0) is 55.6 Å². The number of aromatic nitrogens is 1. The first-order valence-corrected chi connectivity index (χ1v) is 8.81. The van der Waals surface area contributed by atoms with E-state index in [2.05, 4.69) is 34.1 Å². The fourth-order valence-corrected chi connectivity index (χ4v) is 5.27. The number of aliphatic hydroxyl groups excluding tert-OH is 1. The minimum Gasteiger partial charge on any atom is -0.393 e. The third-order valence-corrected chi connectivity index (χ3v) is 6.38. The Labute approximate surface area is 131 Å². The third-order valence-electron chi connectivity index (χ3n) is 6.38. The Bertz CT molecular complexity index is 707. The maximum absolute atomic E-state index is 10.0. The van der Waals surface area contributed by atoms with Crippen LogP contribution in [0.1, 0.15) is 43.0 Å². The van der Waals surface area contributed by atoms with E-state index < -0.39 is 0 Å². The van der Waals surface area contributed by atoms with E-state index in [1.165, 1.54) is 48.9 Å². The second kappa shape index (κ2) is 4.84. The molecule has 0 amide bonds. The van der Waals surface area contributed by atoms with Gasteiger partial charge in [-0.1, -0.05) is 18.2 Å². The first kappa shape index (κ1) is 13.1. The Morgan fingerprint density at radius 1 is 1.09 bits per heavy atom. The van der Waals surface area contributed by atoms with Crippen LogP contribution in [0.4, 0.5) is 0 Å². The molecule has 1 aromatic carbocycles. The average molecular weight is 296 g/mol. The average Bonchev–Trinajstić information content (AvgIpc) is 2.92. The van der Waals surface area contributed by atoms with E-state index >= 15 is 0 Å². The van der Waals surface area contributed by atoms with Crippen LogP contribution in [0.25, 0.3) is 10.9 Å². The molecule has 4 atom stereocenters. The van der Waals surface area contributed by atoms with Gasteiger partial charge in [-0.3, -0.25) is 4.90 Å². The van der Waals surface area contributed by atoms with Crippen LogP contribution in [0.2, 0.25) is 0 Å². The van der Waals surface area contributed by atoms with E-state index in [4.69, 9.17) is 0 Å². The summed E-state index contributed by atoms with van der Waals surface area (Å²) in [7, 11) is 0. The van der Waals surface area contributed by atoms with Gasteiger partial charge in [0, 0.05) is 29.7 Å². The van der Waals surface area contributed by atoms with Crippen molar-refractivity contribution in [3.8, 4) is 0 Å². The van der Waals surface area contributed by atoms with Crippen LogP contribution in [-0.4, -0.2) is 34.2 Å². The molecule has 5 rings (SSSR count). The number of fused-ring (bicyclic) bond motifs is 6. The van der Waals surface area contributed by atoms with Gasteiger partial charge in [-0.15, -0.1) is 0 Å². The van der Waals surface area contributed by atoms with Crippen molar-refractivity contribution in [2.75, 3.05) is 13.1 Å². The Kier molecular flexibility index (Phi) is 2.89. The van der Waals surface area contributed by atoms with Gasteiger partial charge in [0.1, 0.15) is 0 Å². The Morgan fingerprint density at radius 2 is 2.00 bits per heavy atom. The van der Waals surface area contributed by atoms with E-state index in [0.717, 1.165) is 18.8 Å². The fraction of sp³-hybridized carbons (Fsp3) is 0.579. The number of nitrogens with zero attached hydrogens (tertiary/aromatic N) is 1. The number of aromatic amines is 1. The second-order valence-electron chi connectivity index (χ2n) is 7.55. The highest BCUT2D eigenvalue weighted by atomic mass is 16.3. The zero-order valence-corrected chi connectivity index (χ0v) is 13.0. The lowest BCUT2D eigenvalue weighted by atomic mass is 9.70. The summed E-state index contributed by atoms with van der Waals surface area (Å²) in [4.78, 5) is 6.42. The van der Waals surface area contributed by atoms with Gasteiger partial charge in [0.05, 0.1) is 12.1 Å². The summed E-state index contributed by atoms with van der Waals surface area (Å²) >= 11 is 0. The maximum Gasteiger partial charge on any atom is 0.0543 e. The minimum atomic E-state index is -0.0569. The molecule has 3 heteroatoms. The lowest BCUT2D eigenvalue weighted by molar-refractivity contribution is -0.0107. The van der Waals surface area contributed by atoms with E-state index in [0.29, 0.717) is 12.0 Å². The Hall–Kier alpha value is -1.32. The predicted octanol–water partition coefficient (Wildman–Crippen LogP) is 3.25. The molecule has 3 nitrogen and oxygen atoms in total. The van der Waals surface area contributed by atoms with Crippen molar-refractivity contribution >= 4 is 10.9 Å². The predicted molar refractivity (Wildman–Crippen MR) is 87.8 cm³/mol. The number of benzene rings is 1. The molecule has 1 aliphatic carbocycles. The summed E-state index contributed by atoms with van der Waals surface area (Å²) in [5, 5.41) is 11.5. The lowest BCUT2D eigenvalue weighted by Crippen LogP contribution is -2.48. The number of rotatable bonds is 0. The number of hydrogen-bond acceptors (Lipinski definition) is 2. The highest BCUT2D eigenvalue weighted by Crippen LogP contribution is 2.46. The molecular formula is C19H24N2O. The fourth-order valence-electron chi connectivity index (χ4n) is 5.27. The number of hydrogen-bond donors (Lipinski definition) is 2. The second-order valence-corrected chi connectivity index (χ2v) is 7.55. The van der Waals surface area contributed by atoms with Crippen molar-refractivity contribution in [2.45, 2.75) is 44.2 Å². The van der Waals surface area contributed by atoms with Gasteiger partial charge >= 0.3 is 0 Å². The van der Waals surface area contributed by atoms with Crippen LogP contribution in [0.3, 0.4) is 0 Å². The maximum atomic E-state index is 10.0. The van der Waals surface area contributed by atoms with E-state index in [1.54, 1.807) is 5.56 Å². The van der Waals surface area contributed by atoms with Crippen molar-refractivity contribution < 1.29 is 5.11 Å². The van der Waals surface area contributed by atoms with Gasteiger partial charge in [-0.2, -0.15) is 0 Å². The normalized spacial score (nSPS) is 35.0. The van der Waals surface area contributed by atoms with E-state index in [9.17, 15) is 5.11 Å². The van der Waals surface area contributed by atoms with E-state index in [-0.39, 0.29) is 6.10 Å². The molecule has 1 aromatic heterocycles. The number of aliphatic hydroxyl groups is 1. The molecule has 1 saturated heterocycles. The van der Waals surface area contributed by atoms with Crippen molar-refractivity contribution in [3.63, 3.8) is 0 Å². The number of para-hydroxylation sites is 1. The molecule has 3 heterocycles. The van der Waals surface area contributed by atoms with Crippen LogP contribution in [-0.2, 0) is 6.42 Å². The number of piperidine rings is 1. The quantitative estimate of drug-likeness (QED) is 0.783. The van der Waals surface area contributed by atoms with Crippen LogP contribution in [0, 0.1) is 11.8 Å². The zero-order valence-electron chi connectivity index (χ0n) is 13.0. The zero-order chi connectivity index (χ0) is 14.7. The molecule has 22 heavy (non-hydrogen) atoms. The van der Waals surface area contributed by atoms with Gasteiger partial charge in [-0.25, -0.2) is 0 Å². The summed E-state index contributed by atoms with van der Waals surface area (Å²) in [5.41, 5.74) is 4.30. The van der Waals surface area contributed by atoms with Crippen LogP contribution in [0.5, 0.6) is 0 Å². The first-order valence-electron chi connectivity index (χ1n) is 8.81. The molecule has 0 spiro atoms. The number of H-pyrrole nitrogens is 1. The van der Waals surface area contributed by atoms with Gasteiger partial charge in [0.25, 0.3) is 0 Å².